The van der Waals surface area contributed by atoms with E-state index in [4.69, 9.17) is 11.6 Å². The fourth-order valence-corrected chi connectivity index (χ4v) is 4.29. The molecule has 1 aliphatic carbocycles. The molecule has 0 amide bonds. The van der Waals surface area contributed by atoms with Gasteiger partial charge in [0, 0.05) is 45.5 Å². The maximum atomic E-state index is 12.8. The average molecular weight is 433 g/mol. The number of fused-ring (bicyclic) bond motifs is 1. The van der Waals surface area contributed by atoms with Crippen LogP contribution in [0.15, 0.2) is 47.7 Å². The Labute approximate surface area is 184 Å². The van der Waals surface area contributed by atoms with E-state index in [2.05, 4.69) is 30.2 Å². The van der Waals surface area contributed by atoms with E-state index in [0.29, 0.717) is 33.8 Å². The minimum atomic E-state index is -0.247. The smallest absolute Gasteiger partial charge is 0.257 e. The molecule has 5 rings (SSSR count). The van der Waals surface area contributed by atoms with Crippen LogP contribution in [0.3, 0.4) is 0 Å². The highest BCUT2D eigenvalue weighted by molar-refractivity contribution is 6.33. The second-order valence-corrected chi connectivity index (χ2v) is 8.28. The maximum absolute atomic E-state index is 12.8. The van der Waals surface area contributed by atoms with Gasteiger partial charge in [-0.3, -0.25) is 9.78 Å². The van der Waals surface area contributed by atoms with Crippen molar-refractivity contribution in [3.63, 3.8) is 0 Å². The first-order chi connectivity index (χ1) is 15.1. The molecule has 0 radical (unpaired) electrons. The van der Waals surface area contributed by atoms with Crippen molar-refractivity contribution in [1.29, 1.82) is 0 Å². The first kappa shape index (κ1) is 19.6. The Morgan fingerprint density at radius 2 is 1.90 bits per heavy atom. The van der Waals surface area contributed by atoms with E-state index in [1.807, 2.05) is 19.1 Å². The molecule has 4 aromatic rings. The molecule has 1 saturated carbocycles. The number of aromatic nitrogens is 5. The molecule has 31 heavy (non-hydrogen) atoms. The summed E-state index contributed by atoms with van der Waals surface area (Å²) in [6, 6.07) is 7.70. The Morgan fingerprint density at radius 3 is 2.68 bits per heavy atom. The minimum Gasteiger partial charge on any atom is -0.351 e. The number of nitrogens with zero attached hydrogens (tertiary/aromatic N) is 4. The number of halogens is 1. The van der Waals surface area contributed by atoms with Gasteiger partial charge in [-0.2, -0.15) is 4.98 Å². The van der Waals surface area contributed by atoms with Gasteiger partial charge >= 0.3 is 0 Å². The Hall–Kier alpha value is -3.32. The molecule has 1 aliphatic rings. The SMILES string of the molecule is Cc1cncc(-c2ccc(-c3cc4cnc(NC5CCCC5)nc4[nH]c3=O)c(Cl)c2)n1. The van der Waals surface area contributed by atoms with Crippen LogP contribution in [-0.4, -0.2) is 31.0 Å². The molecule has 0 atom stereocenters. The zero-order chi connectivity index (χ0) is 21.4. The summed E-state index contributed by atoms with van der Waals surface area (Å²) in [7, 11) is 0. The van der Waals surface area contributed by atoms with Gasteiger partial charge in [-0.05, 0) is 31.9 Å². The van der Waals surface area contributed by atoms with Gasteiger partial charge in [-0.25, -0.2) is 9.97 Å². The number of hydrogen-bond acceptors (Lipinski definition) is 6. The fraction of sp³-hybridized carbons (Fsp3) is 0.261. The first-order valence-corrected chi connectivity index (χ1v) is 10.7. The number of rotatable bonds is 4. The highest BCUT2D eigenvalue weighted by Crippen LogP contribution is 2.31. The number of nitrogens with one attached hydrogen (secondary N) is 2. The molecule has 0 unspecified atom stereocenters. The highest BCUT2D eigenvalue weighted by atomic mass is 35.5. The number of aryl methyl sites for hydroxylation is 1. The van der Waals surface area contributed by atoms with Crippen LogP contribution in [-0.2, 0) is 0 Å². The number of aromatic amines is 1. The van der Waals surface area contributed by atoms with Gasteiger partial charge in [0.1, 0.15) is 5.65 Å². The molecular weight excluding hydrogens is 412 g/mol. The van der Waals surface area contributed by atoms with Crippen molar-refractivity contribution in [3.05, 3.63) is 63.9 Å². The number of hydrogen-bond donors (Lipinski definition) is 2. The molecule has 1 aromatic carbocycles. The Kier molecular flexibility index (Phi) is 5.11. The van der Waals surface area contributed by atoms with E-state index in [1.54, 1.807) is 30.7 Å². The van der Waals surface area contributed by atoms with Gasteiger partial charge in [0.2, 0.25) is 5.95 Å². The topological polar surface area (TPSA) is 96.5 Å². The van der Waals surface area contributed by atoms with Crippen LogP contribution in [0.2, 0.25) is 5.02 Å². The highest BCUT2D eigenvalue weighted by Gasteiger charge is 2.17. The number of pyridine rings is 1. The van der Waals surface area contributed by atoms with E-state index in [9.17, 15) is 4.79 Å². The standard InChI is InChI=1S/C23H21ClN6O/c1-13-10-25-12-20(27-13)14-6-7-17(19(24)9-14)18-8-15-11-26-23(28-16-4-2-3-5-16)30-21(15)29-22(18)31/h6-12,16H,2-5H2,1H3,(H2,26,28,29,30,31). The van der Waals surface area contributed by atoms with E-state index in [-0.39, 0.29) is 5.56 Å². The van der Waals surface area contributed by atoms with Crippen molar-refractivity contribution in [1.82, 2.24) is 24.9 Å². The van der Waals surface area contributed by atoms with E-state index in [0.717, 1.165) is 35.2 Å². The molecule has 0 aliphatic heterocycles. The number of anilines is 1. The Bertz CT molecular complexity index is 1330. The third-order valence-corrected chi connectivity index (χ3v) is 5.90. The summed E-state index contributed by atoms with van der Waals surface area (Å²) < 4.78 is 0. The lowest BCUT2D eigenvalue weighted by atomic mass is 10.0. The lowest BCUT2D eigenvalue weighted by Crippen LogP contribution is -2.17. The summed E-state index contributed by atoms with van der Waals surface area (Å²) in [5.41, 5.74) is 3.77. The average Bonchev–Trinajstić information content (AvgIpc) is 3.26. The minimum absolute atomic E-state index is 0.247. The van der Waals surface area contributed by atoms with Gasteiger partial charge in [0.15, 0.2) is 0 Å². The van der Waals surface area contributed by atoms with Crippen molar-refractivity contribution in [2.24, 2.45) is 0 Å². The molecule has 1 fully saturated rings. The summed E-state index contributed by atoms with van der Waals surface area (Å²) in [5, 5.41) is 4.57. The zero-order valence-electron chi connectivity index (χ0n) is 17.0. The normalized spacial score (nSPS) is 14.3. The van der Waals surface area contributed by atoms with Crippen LogP contribution >= 0.6 is 11.6 Å². The second kappa shape index (κ2) is 8.07. The van der Waals surface area contributed by atoms with Crippen molar-refractivity contribution >= 4 is 28.6 Å². The van der Waals surface area contributed by atoms with Crippen molar-refractivity contribution in [2.45, 2.75) is 38.6 Å². The Morgan fingerprint density at radius 1 is 1.06 bits per heavy atom. The molecule has 8 heteroatoms. The monoisotopic (exact) mass is 432 g/mol. The van der Waals surface area contributed by atoms with E-state index < -0.39 is 0 Å². The van der Waals surface area contributed by atoms with Crippen molar-refractivity contribution in [2.75, 3.05) is 5.32 Å². The van der Waals surface area contributed by atoms with Gasteiger partial charge in [0.05, 0.1) is 17.6 Å². The van der Waals surface area contributed by atoms with E-state index in [1.165, 1.54) is 12.8 Å². The fourth-order valence-electron chi connectivity index (χ4n) is 4.01. The zero-order valence-corrected chi connectivity index (χ0v) is 17.8. The van der Waals surface area contributed by atoms with Crippen LogP contribution in [0.25, 0.3) is 33.4 Å². The summed E-state index contributed by atoms with van der Waals surface area (Å²) in [6.07, 6.45) is 9.81. The van der Waals surface area contributed by atoms with Gasteiger partial charge in [-0.1, -0.05) is 36.6 Å². The summed E-state index contributed by atoms with van der Waals surface area (Å²) in [6.45, 7) is 1.89. The molecule has 156 valence electrons. The maximum Gasteiger partial charge on any atom is 0.257 e. The Balaban J connectivity index is 1.49. The van der Waals surface area contributed by atoms with Crippen LogP contribution < -0.4 is 10.9 Å². The largest absolute Gasteiger partial charge is 0.351 e. The van der Waals surface area contributed by atoms with Crippen molar-refractivity contribution < 1.29 is 0 Å². The van der Waals surface area contributed by atoms with Crippen LogP contribution in [0.1, 0.15) is 31.4 Å². The number of benzene rings is 1. The molecule has 0 bridgehead atoms. The molecule has 3 aromatic heterocycles. The third-order valence-electron chi connectivity index (χ3n) is 5.59. The van der Waals surface area contributed by atoms with Crippen LogP contribution in [0.5, 0.6) is 0 Å². The van der Waals surface area contributed by atoms with Crippen LogP contribution in [0, 0.1) is 6.92 Å². The first-order valence-electron chi connectivity index (χ1n) is 10.3. The third kappa shape index (κ3) is 4.01. The predicted octanol–water partition coefficient (Wildman–Crippen LogP) is 4.76. The lowest BCUT2D eigenvalue weighted by molar-refractivity contribution is 0.745. The van der Waals surface area contributed by atoms with E-state index >= 15 is 0 Å². The van der Waals surface area contributed by atoms with Crippen LogP contribution in [0.4, 0.5) is 5.95 Å². The molecule has 0 spiro atoms. The van der Waals surface area contributed by atoms with Crippen molar-refractivity contribution in [3.8, 4) is 22.4 Å². The summed E-state index contributed by atoms with van der Waals surface area (Å²) in [5.74, 6) is 0.546. The predicted molar refractivity (Wildman–Crippen MR) is 122 cm³/mol. The molecule has 0 saturated heterocycles. The molecule has 3 heterocycles. The quantitative estimate of drug-likeness (QED) is 0.482. The molecule has 7 nitrogen and oxygen atoms in total. The van der Waals surface area contributed by atoms with Gasteiger partial charge in [0.25, 0.3) is 5.56 Å². The second-order valence-electron chi connectivity index (χ2n) is 7.88. The summed E-state index contributed by atoms with van der Waals surface area (Å²) in [4.78, 5) is 33.3. The number of H-pyrrole nitrogens is 1. The van der Waals surface area contributed by atoms with Gasteiger partial charge < -0.3 is 10.3 Å². The molecular formula is C23H21ClN6O. The lowest BCUT2D eigenvalue weighted by Gasteiger charge is -2.12. The molecule has 2 N–H and O–H groups in total. The summed E-state index contributed by atoms with van der Waals surface area (Å²) >= 11 is 6.55. The van der Waals surface area contributed by atoms with Gasteiger partial charge in [-0.15, -0.1) is 0 Å².